The number of nitrogens with zero attached hydrogens (tertiary/aromatic N) is 6. The number of pyridine rings is 1. The van der Waals surface area contributed by atoms with Crippen molar-refractivity contribution in [3.8, 4) is 11.5 Å². The van der Waals surface area contributed by atoms with Crippen LogP contribution >= 0.6 is 0 Å². The summed E-state index contributed by atoms with van der Waals surface area (Å²) in [6, 6.07) is 12.0. The van der Waals surface area contributed by atoms with Gasteiger partial charge in [-0.05, 0) is 23.2 Å². The van der Waals surface area contributed by atoms with Gasteiger partial charge in [-0.1, -0.05) is 35.5 Å². The lowest BCUT2D eigenvalue weighted by Crippen LogP contribution is -2.30. The fourth-order valence-corrected chi connectivity index (χ4v) is 3.26. The van der Waals surface area contributed by atoms with Gasteiger partial charge in [0, 0.05) is 20.6 Å². The van der Waals surface area contributed by atoms with Crippen molar-refractivity contribution >= 4 is 35.5 Å². The van der Waals surface area contributed by atoms with Crippen molar-refractivity contribution in [3.63, 3.8) is 0 Å². The summed E-state index contributed by atoms with van der Waals surface area (Å²) in [6.07, 6.45) is 1.67. The highest BCUT2D eigenvalue weighted by Gasteiger charge is 2.18. The molecule has 0 radical (unpaired) electrons. The standard InChI is InChI=1S/C20H21BN8O3/c1-28(2)16-11-24-20(17-14-7-4-8-15(18(22)30)29(14)27-26-17)25-19(16)23-10-12-5-3-6-13(9-12)21(31)32/h3-9,11,31-32H,10H2,1-2H3,(H2,22,30)(H,23,24,25). The van der Waals surface area contributed by atoms with E-state index < -0.39 is 13.0 Å². The number of amides is 1. The Morgan fingerprint density at radius 2 is 2.00 bits per heavy atom. The van der Waals surface area contributed by atoms with E-state index >= 15 is 0 Å². The topological polar surface area (TPSA) is 155 Å². The summed E-state index contributed by atoms with van der Waals surface area (Å²) in [5.74, 6) is 0.268. The van der Waals surface area contributed by atoms with Gasteiger partial charge in [0.2, 0.25) is 0 Å². The molecule has 0 unspecified atom stereocenters. The van der Waals surface area contributed by atoms with Crippen molar-refractivity contribution < 1.29 is 14.8 Å². The van der Waals surface area contributed by atoms with Crippen LogP contribution < -0.4 is 21.4 Å². The van der Waals surface area contributed by atoms with E-state index in [2.05, 4.69) is 25.6 Å². The van der Waals surface area contributed by atoms with E-state index in [4.69, 9.17) is 5.73 Å². The van der Waals surface area contributed by atoms with Crippen LogP contribution in [0.4, 0.5) is 11.5 Å². The SMILES string of the molecule is CN(C)c1cnc(-c2nnn3c(C(N)=O)cccc23)nc1NCc1cccc(B(O)O)c1. The minimum Gasteiger partial charge on any atom is -0.423 e. The maximum Gasteiger partial charge on any atom is 0.488 e. The van der Waals surface area contributed by atoms with E-state index in [9.17, 15) is 14.8 Å². The number of benzene rings is 1. The largest absolute Gasteiger partial charge is 0.488 e. The van der Waals surface area contributed by atoms with Crippen molar-refractivity contribution in [1.82, 2.24) is 24.8 Å². The van der Waals surface area contributed by atoms with Crippen LogP contribution in [0.3, 0.4) is 0 Å². The summed E-state index contributed by atoms with van der Waals surface area (Å²) in [7, 11) is 2.21. The zero-order valence-corrected chi connectivity index (χ0v) is 17.5. The summed E-state index contributed by atoms with van der Waals surface area (Å²) in [5, 5.41) is 30.3. The predicted molar refractivity (Wildman–Crippen MR) is 120 cm³/mol. The second-order valence-electron chi connectivity index (χ2n) is 7.30. The van der Waals surface area contributed by atoms with Crippen LogP contribution in [-0.2, 0) is 6.54 Å². The van der Waals surface area contributed by atoms with Gasteiger partial charge in [0.05, 0.1) is 17.4 Å². The number of carbonyl (C=O) groups is 1. The first-order chi connectivity index (χ1) is 15.3. The minimum atomic E-state index is -1.54. The molecule has 4 rings (SSSR count). The van der Waals surface area contributed by atoms with E-state index in [-0.39, 0.29) is 5.69 Å². The number of aromatic nitrogens is 5. The molecule has 0 aliphatic rings. The smallest absolute Gasteiger partial charge is 0.423 e. The highest BCUT2D eigenvalue weighted by molar-refractivity contribution is 6.58. The number of fused-ring (bicyclic) bond motifs is 1. The first-order valence-electron chi connectivity index (χ1n) is 9.73. The third-order valence-corrected chi connectivity index (χ3v) is 4.87. The molecular formula is C20H21BN8O3. The first-order valence-corrected chi connectivity index (χ1v) is 9.73. The predicted octanol–water partition coefficient (Wildman–Crippen LogP) is -0.357. The maximum atomic E-state index is 11.7. The van der Waals surface area contributed by atoms with Crippen LogP contribution in [-0.4, -0.2) is 62.0 Å². The van der Waals surface area contributed by atoms with Crippen molar-refractivity contribution in [1.29, 1.82) is 0 Å². The summed E-state index contributed by atoms with van der Waals surface area (Å²) in [4.78, 5) is 22.6. The molecule has 0 spiro atoms. The lowest BCUT2D eigenvalue weighted by molar-refractivity contribution is 0.0993. The third-order valence-electron chi connectivity index (χ3n) is 4.87. The van der Waals surface area contributed by atoms with Crippen LogP contribution in [0, 0.1) is 0 Å². The number of rotatable bonds is 7. The molecule has 32 heavy (non-hydrogen) atoms. The van der Waals surface area contributed by atoms with Crippen LogP contribution in [0.25, 0.3) is 17.0 Å². The molecule has 5 N–H and O–H groups in total. The molecule has 11 nitrogen and oxygen atoms in total. The maximum absolute atomic E-state index is 11.7. The van der Waals surface area contributed by atoms with E-state index in [0.717, 1.165) is 11.3 Å². The van der Waals surface area contributed by atoms with Gasteiger partial charge >= 0.3 is 7.12 Å². The number of hydrogen-bond donors (Lipinski definition) is 4. The van der Waals surface area contributed by atoms with Crippen LogP contribution in [0.1, 0.15) is 16.1 Å². The van der Waals surface area contributed by atoms with Gasteiger partial charge < -0.3 is 26.0 Å². The molecular weight excluding hydrogens is 411 g/mol. The second kappa shape index (κ2) is 8.61. The number of hydrogen-bond acceptors (Lipinski definition) is 9. The number of nitrogens with one attached hydrogen (secondary N) is 1. The molecule has 0 atom stereocenters. The Morgan fingerprint density at radius 3 is 2.72 bits per heavy atom. The number of nitrogens with two attached hydrogens (primary N) is 1. The fraction of sp³-hybridized carbons (Fsp3) is 0.150. The van der Waals surface area contributed by atoms with Gasteiger partial charge in [-0.15, -0.1) is 5.10 Å². The highest BCUT2D eigenvalue weighted by Crippen LogP contribution is 2.26. The molecule has 3 aromatic heterocycles. The van der Waals surface area contributed by atoms with Gasteiger partial charge in [0.1, 0.15) is 5.69 Å². The summed E-state index contributed by atoms with van der Waals surface area (Å²) in [6.45, 7) is 0.395. The average molecular weight is 432 g/mol. The second-order valence-corrected chi connectivity index (χ2v) is 7.30. The fourth-order valence-electron chi connectivity index (χ4n) is 3.26. The van der Waals surface area contributed by atoms with Crippen molar-refractivity contribution in [3.05, 3.63) is 59.9 Å². The zero-order valence-electron chi connectivity index (χ0n) is 17.5. The van der Waals surface area contributed by atoms with Gasteiger partial charge in [-0.25, -0.2) is 14.5 Å². The lowest BCUT2D eigenvalue weighted by atomic mass is 9.80. The van der Waals surface area contributed by atoms with Gasteiger partial charge in [0.15, 0.2) is 17.3 Å². The molecule has 1 amide bonds. The Bertz CT molecular complexity index is 1290. The van der Waals surface area contributed by atoms with Gasteiger partial charge in [-0.2, -0.15) is 0 Å². The van der Waals surface area contributed by atoms with E-state index in [1.807, 2.05) is 25.1 Å². The summed E-state index contributed by atoms with van der Waals surface area (Å²) < 4.78 is 1.36. The van der Waals surface area contributed by atoms with Crippen LogP contribution in [0.15, 0.2) is 48.7 Å². The Balaban J connectivity index is 1.70. The molecule has 0 saturated carbocycles. The van der Waals surface area contributed by atoms with E-state index in [1.54, 1.807) is 42.6 Å². The van der Waals surface area contributed by atoms with Crippen molar-refractivity contribution in [2.24, 2.45) is 5.73 Å². The van der Waals surface area contributed by atoms with Crippen molar-refractivity contribution in [2.45, 2.75) is 6.54 Å². The third kappa shape index (κ3) is 4.09. The van der Waals surface area contributed by atoms with E-state index in [0.29, 0.717) is 34.9 Å². The lowest BCUT2D eigenvalue weighted by Gasteiger charge is -2.18. The normalized spacial score (nSPS) is 10.9. The number of anilines is 2. The van der Waals surface area contributed by atoms with Gasteiger partial charge in [0.25, 0.3) is 5.91 Å². The number of primary amides is 1. The Labute approximate surface area is 183 Å². The number of carbonyl (C=O) groups excluding carboxylic acids is 1. The average Bonchev–Trinajstić information content (AvgIpc) is 3.21. The molecule has 1 aromatic carbocycles. The Kier molecular flexibility index (Phi) is 5.71. The molecule has 4 aromatic rings. The quantitative estimate of drug-likeness (QED) is 0.287. The molecule has 0 bridgehead atoms. The Hall–Kier alpha value is -4.03. The van der Waals surface area contributed by atoms with E-state index in [1.165, 1.54) is 4.52 Å². The minimum absolute atomic E-state index is 0.204. The van der Waals surface area contributed by atoms with Crippen LogP contribution in [0.5, 0.6) is 0 Å². The van der Waals surface area contributed by atoms with Crippen LogP contribution in [0.2, 0.25) is 0 Å². The first kappa shape index (κ1) is 21.2. The molecule has 0 fully saturated rings. The summed E-state index contributed by atoms with van der Waals surface area (Å²) in [5.41, 5.74) is 8.59. The molecule has 0 aliphatic heterocycles. The molecule has 3 heterocycles. The molecule has 162 valence electrons. The summed E-state index contributed by atoms with van der Waals surface area (Å²) >= 11 is 0. The zero-order chi connectivity index (χ0) is 22.8. The monoisotopic (exact) mass is 432 g/mol. The molecule has 0 aliphatic carbocycles. The highest BCUT2D eigenvalue weighted by atomic mass is 16.4. The Morgan fingerprint density at radius 1 is 1.22 bits per heavy atom. The van der Waals surface area contributed by atoms with Crippen molar-refractivity contribution in [2.75, 3.05) is 24.3 Å². The molecule has 12 heteroatoms. The molecule has 0 saturated heterocycles. The van der Waals surface area contributed by atoms with Gasteiger partial charge in [-0.3, -0.25) is 4.79 Å².